The topological polar surface area (TPSA) is 12.0 Å². The van der Waals surface area contributed by atoms with Crippen molar-refractivity contribution in [2.75, 3.05) is 6.54 Å². The molecule has 0 radical (unpaired) electrons. The maximum atomic E-state index is 3.89. The Morgan fingerprint density at radius 2 is 2.11 bits per heavy atom. The van der Waals surface area contributed by atoms with Crippen molar-refractivity contribution in [1.82, 2.24) is 5.32 Å². The summed E-state index contributed by atoms with van der Waals surface area (Å²) >= 11 is 0. The fourth-order valence-corrected chi connectivity index (χ4v) is 4.05. The van der Waals surface area contributed by atoms with Gasteiger partial charge in [-0.1, -0.05) is 44.8 Å². The van der Waals surface area contributed by atoms with Crippen molar-refractivity contribution in [2.24, 2.45) is 11.8 Å². The largest absolute Gasteiger partial charge is 0.310 e. The first kappa shape index (κ1) is 15.1. The molecular formula is C18H33N. The lowest BCUT2D eigenvalue weighted by Gasteiger charge is -2.37. The van der Waals surface area contributed by atoms with E-state index in [4.69, 9.17) is 0 Å². The molecule has 0 heterocycles. The van der Waals surface area contributed by atoms with Gasteiger partial charge in [-0.05, 0) is 63.3 Å². The van der Waals surface area contributed by atoms with E-state index in [1.165, 1.54) is 70.8 Å². The number of nitrogens with one attached hydrogen (secondary N) is 1. The molecule has 1 heteroatoms. The third kappa shape index (κ3) is 4.34. The van der Waals surface area contributed by atoms with E-state index in [1.807, 2.05) is 0 Å². The summed E-state index contributed by atoms with van der Waals surface area (Å²) in [6.07, 6.45) is 16.6. The molecule has 2 rings (SSSR count). The van der Waals surface area contributed by atoms with Crippen molar-refractivity contribution >= 4 is 0 Å². The zero-order valence-electron chi connectivity index (χ0n) is 13.1. The molecule has 1 saturated carbocycles. The Kier molecular flexibility index (Phi) is 6.43. The van der Waals surface area contributed by atoms with Gasteiger partial charge in [0.05, 0.1) is 0 Å². The fraction of sp³-hybridized carbons (Fsp3) is 0.889. The zero-order chi connectivity index (χ0) is 13.5. The van der Waals surface area contributed by atoms with E-state index in [0.717, 1.165) is 11.8 Å². The predicted molar refractivity (Wildman–Crippen MR) is 84.4 cm³/mol. The third-order valence-corrected chi connectivity index (χ3v) is 5.21. The Balaban J connectivity index is 2.01. The molecule has 2 aliphatic rings. The van der Waals surface area contributed by atoms with E-state index in [1.54, 1.807) is 5.57 Å². The van der Waals surface area contributed by atoms with Gasteiger partial charge in [0.2, 0.25) is 0 Å². The minimum absolute atomic E-state index is 0.703. The number of rotatable bonds is 6. The summed E-state index contributed by atoms with van der Waals surface area (Å²) in [7, 11) is 0. The van der Waals surface area contributed by atoms with Crippen LogP contribution in [-0.4, -0.2) is 12.6 Å². The van der Waals surface area contributed by atoms with Gasteiger partial charge in [-0.15, -0.1) is 0 Å². The van der Waals surface area contributed by atoms with Crippen LogP contribution in [0.25, 0.3) is 0 Å². The highest BCUT2D eigenvalue weighted by Crippen LogP contribution is 2.36. The molecule has 0 saturated heterocycles. The van der Waals surface area contributed by atoms with E-state index in [-0.39, 0.29) is 0 Å². The lowest BCUT2D eigenvalue weighted by Crippen LogP contribution is -2.41. The smallest absolute Gasteiger partial charge is 0.0307 e. The van der Waals surface area contributed by atoms with Crippen molar-refractivity contribution in [3.05, 3.63) is 11.6 Å². The van der Waals surface area contributed by atoms with Gasteiger partial charge in [-0.3, -0.25) is 0 Å². The van der Waals surface area contributed by atoms with Crippen LogP contribution in [0, 0.1) is 11.8 Å². The predicted octanol–water partition coefficient (Wildman–Crippen LogP) is 5.07. The second kappa shape index (κ2) is 8.09. The van der Waals surface area contributed by atoms with Crippen LogP contribution in [-0.2, 0) is 0 Å². The summed E-state index contributed by atoms with van der Waals surface area (Å²) in [5.41, 5.74) is 1.75. The highest BCUT2D eigenvalue weighted by Gasteiger charge is 2.29. The second-order valence-corrected chi connectivity index (χ2v) is 6.66. The molecule has 0 aromatic carbocycles. The van der Waals surface area contributed by atoms with Gasteiger partial charge in [0.1, 0.15) is 0 Å². The molecule has 0 aliphatic heterocycles. The zero-order valence-corrected chi connectivity index (χ0v) is 13.1. The van der Waals surface area contributed by atoms with Crippen LogP contribution >= 0.6 is 0 Å². The quantitative estimate of drug-likeness (QED) is 0.660. The Bertz CT molecular complexity index is 281. The van der Waals surface area contributed by atoms with Crippen LogP contribution in [0.5, 0.6) is 0 Å². The van der Waals surface area contributed by atoms with Gasteiger partial charge >= 0.3 is 0 Å². The first-order valence-corrected chi connectivity index (χ1v) is 8.77. The highest BCUT2D eigenvalue weighted by molar-refractivity contribution is 5.15. The van der Waals surface area contributed by atoms with Gasteiger partial charge in [0, 0.05) is 6.04 Å². The molecule has 1 nitrogen and oxygen atoms in total. The summed E-state index contributed by atoms with van der Waals surface area (Å²) in [4.78, 5) is 0. The Hall–Kier alpha value is -0.300. The third-order valence-electron chi connectivity index (χ3n) is 5.21. The molecule has 0 aromatic rings. The minimum Gasteiger partial charge on any atom is -0.310 e. The van der Waals surface area contributed by atoms with Gasteiger partial charge in [-0.25, -0.2) is 0 Å². The molecule has 110 valence electrons. The van der Waals surface area contributed by atoms with Gasteiger partial charge in [-0.2, -0.15) is 0 Å². The molecule has 0 amide bonds. The average molecular weight is 263 g/mol. The number of hydrogen-bond acceptors (Lipinski definition) is 1. The van der Waals surface area contributed by atoms with Crippen molar-refractivity contribution in [3.63, 3.8) is 0 Å². The Morgan fingerprint density at radius 3 is 2.79 bits per heavy atom. The highest BCUT2D eigenvalue weighted by atomic mass is 14.9. The Morgan fingerprint density at radius 1 is 1.21 bits per heavy atom. The van der Waals surface area contributed by atoms with Gasteiger partial charge in [0.15, 0.2) is 0 Å². The Labute approximate surface area is 120 Å². The SMILES string of the molecule is CCCNC(C1=CCCCC1)C1CCCC(CC)C1. The summed E-state index contributed by atoms with van der Waals surface area (Å²) in [6, 6.07) is 0.703. The molecular weight excluding hydrogens is 230 g/mol. The van der Waals surface area contributed by atoms with Crippen molar-refractivity contribution in [1.29, 1.82) is 0 Å². The van der Waals surface area contributed by atoms with Crippen LogP contribution in [0.15, 0.2) is 11.6 Å². The lowest BCUT2D eigenvalue weighted by molar-refractivity contribution is 0.220. The maximum absolute atomic E-state index is 3.89. The van der Waals surface area contributed by atoms with E-state index < -0.39 is 0 Å². The summed E-state index contributed by atoms with van der Waals surface area (Å²) < 4.78 is 0. The molecule has 2 aliphatic carbocycles. The molecule has 3 atom stereocenters. The van der Waals surface area contributed by atoms with E-state index in [0.29, 0.717) is 6.04 Å². The molecule has 1 N–H and O–H groups in total. The molecule has 3 unspecified atom stereocenters. The molecule has 19 heavy (non-hydrogen) atoms. The van der Waals surface area contributed by atoms with E-state index in [9.17, 15) is 0 Å². The maximum Gasteiger partial charge on any atom is 0.0307 e. The first-order valence-electron chi connectivity index (χ1n) is 8.77. The van der Waals surface area contributed by atoms with Gasteiger partial charge < -0.3 is 5.32 Å². The normalized spacial score (nSPS) is 29.9. The van der Waals surface area contributed by atoms with E-state index >= 15 is 0 Å². The van der Waals surface area contributed by atoms with E-state index in [2.05, 4.69) is 25.2 Å². The van der Waals surface area contributed by atoms with Gasteiger partial charge in [0.25, 0.3) is 0 Å². The van der Waals surface area contributed by atoms with Crippen molar-refractivity contribution in [3.8, 4) is 0 Å². The van der Waals surface area contributed by atoms with Crippen LogP contribution in [0.3, 0.4) is 0 Å². The summed E-state index contributed by atoms with van der Waals surface area (Å²) in [5.74, 6) is 1.91. The molecule has 0 spiro atoms. The lowest BCUT2D eigenvalue weighted by atomic mass is 9.73. The van der Waals surface area contributed by atoms with Crippen LogP contribution in [0.1, 0.15) is 78.1 Å². The average Bonchev–Trinajstić information content (AvgIpc) is 2.49. The molecule has 1 fully saturated rings. The number of hydrogen-bond donors (Lipinski definition) is 1. The van der Waals surface area contributed by atoms with Crippen molar-refractivity contribution in [2.45, 2.75) is 84.1 Å². The van der Waals surface area contributed by atoms with Crippen molar-refractivity contribution < 1.29 is 0 Å². The summed E-state index contributed by atoms with van der Waals surface area (Å²) in [6.45, 7) is 5.85. The fourth-order valence-electron chi connectivity index (χ4n) is 4.05. The summed E-state index contributed by atoms with van der Waals surface area (Å²) in [5, 5.41) is 3.89. The monoisotopic (exact) mass is 263 g/mol. The number of allylic oxidation sites excluding steroid dienone is 1. The standard InChI is InChI=1S/C18H33N/c1-3-13-19-18(16-10-6-5-7-11-16)17-12-8-9-15(4-2)14-17/h10,15,17-19H,3-9,11-14H2,1-2H3. The molecule has 0 bridgehead atoms. The molecule has 0 aromatic heterocycles. The first-order chi connectivity index (χ1) is 9.35. The minimum atomic E-state index is 0.703. The van der Waals surface area contributed by atoms with Crippen LogP contribution < -0.4 is 5.32 Å². The second-order valence-electron chi connectivity index (χ2n) is 6.66. The van der Waals surface area contributed by atoms with Crippen LogP contribution in [0.4, 0.5) is 0 Å². The van der Waals surface area contributed by atoms with Crippen LogP contribution in [0.2, 0.25) is 0 Å².